The quantitative estimate of drug-likeness (QED) is 0.650. The van der Waals surface area contributed by atoms with Crippen LogP contribution < -0.4 is 5.32 Å². The van der Waals surface area contributed by atoms with Gasteiger partial charge in [-0.2, -0.15) is 0 Å². The lowest BCUT2D eigenvalue weighted by atomic mass is 10.1. The summed E-state index contributed by atoms with van der Waals surface area (Å²) in [7, 11) is 0. The molecule has 134 valence electrons. The molecule has 1 fully saturated rings. The van der Waals surface area contributed by atoms with E-state index in [1.165, 1.54) is 31.5 Å². The number of aromatic amines is 1. The Bertz CT molecular complexity index is 911. The predicted molar refractivity (Wildman–Crippen MR) is 108 cm³/mol. The molecule has 1 saturated heterocycles. The van der Waals surface area contributed by atoms with Crippen LogP contribution in [0.25, 0.3) is 10.9 Å². The fourth-order valence-corrected chi connectivity index (χ4v) is 3.82. The van der Waals surface area contributed by atoms with Crippen molar-refractivity contribution in [2.24, 2.45) is 0 Å². The molecule has 0 unspecified atom stereocenters. The third kappa shape index (κ3) is 4.00. The molecule has 2 heterocycles. The van der Waals surface area contributed by atoms with Crippen molar-refractivity contribution in [2.75, 3.05) is 13.1 Å². The average molecular weight is 412 g/mol. The van der Waals surface area contributed by atoms with Crippen molar-refractivity contribution >= 4 is 32.7 Å². The molecule has 1 aliphatic heterocycles. The lowest BCUT2D eigenvalue weighted by Crippen LogP contribution is -2.23. The van der Waals surface area contributed by atoms with E-state index < -0.39 is 0 Å². The minimum absolute atomic E-state index is 0.0848. The number of aromatic nitrogens is 1. The highest BCUT2D eigenvalue weighted by Gasteiger charge is 2.12. The van der Waals surface area contributed by atoms with E-state index in [2.05, 4.69) is 55.4 Å². The lowest BCUT2D eigenvalue weighted by Gasteiger charge is -2.14. The minimum Gasteiger partial charge on any atom is -0.350 e. The first-order valence-electron chi connectivity index (χ1n) is 9.04. The zero-order valence-corrected chi connectivity index (χ0v) is 16.2. The van der Waals surface area contributed by atoms with E-state index in [0.717, 1.165) is 27.5 Å². The van der Waals surface area contributed by atoms with Crippen LogP contribution in [-0.4, -0.2) is 28.9 Å². The van der Waals surface area contributed by atoms with Crippen LogP contribution in [0.4, 0.5) is 0 Å². The van der Waals surface area contributed by atoms with Gasteiger partial charge < -0.3 is 10.3 Å². The Morgan fingerprint density at radius 1 is 1.04 bits per heavy atom. The Morgan fingerprint density at radius 3 is 2.54 bits per heavy atom. The molecule has 26 heavy (non-hydrogen) atoms. The number of benzene rings is 2. The van der Waals surface area contributed by atoms with Crippen LogP contribution in [0.1, 0.15) is 34.5 Å². The number of halogens is 1. The van der Waals surface area contributed by atoms with Crippen molar-refractivity contribution in [1.82, 2.24) is 15.2 Å². The van der Waals surface area contributed by atoms with Crippen molar-refractivity contribution in [3.05, 3.63) is 69.8 Å². The molecule has 5 heteroatoms. The van der Waals surface area contributed by atoms with Crippen LogP contribution in [-0.2, 0) is 13.1 Å². The number of carbonyl (C=O) groups excluding carboxylic acids is 1. The van der Waals surface area contributed by atoms with Gasteiger partial charge in [-0.3, -0.25) is 9.69 Å². The van der Waals surface area contributed by atoms with E-state index >= 15 is 0 Å². The highest BCUT2D eigenvalue weighted by Crippen LogP contribution is 2.20. The van der Waals surface area contributed by atoms with Gasteiger partial charge in [0, 0.05) is 28.5 Å². The van der Waals surface area contributed by atoms with Gasteiger partial charge in [-0.15, -0.1) is 0 Å². The number of amides is 1. The maximum atomic E-state index is 12.4. The molecule has 0 atom stereocenters. The van der Waals surface area contributed by atoms with Gasteiger partial charge >= 0.3 is 0 Å². The highest BCUT2D eigenvalue weighted by molar-refractivity contribution is 9.10. The molecule has 2 aromatic carbocycles. The summed E-state index contributed by atoms with van der Waals surface area (Å²) in [5.74, 6) is -0.0848. The number of carbonyl (C=O) groups is 1. The molecule has 3 aromatic rings. The van der Waals surface area contributed by atoms with E-state index in [4.69, 9.17) is 0 Å². The van der Waals surface area contributed by atoms with Gasteiger partial charge in [-0.1, -0.05) is 46.3 Å². The summed E-state index contributed by atoms with van der Waals surface area (Å²) in [6.45, 7) is 3.97. The maximum absolute atomic E-state index is 12.4. The van der Waals surface area contributed by atoms with Gasteiger partial charge in [0.1, 0.15) is 5.69 Å². The van der Waals surface area contributed by atoms with Crippen LogP contribution in [0, 0.1) is 0 Å². The number of hydrogen-bond donors (Lipinski definition) is 2. The summed E-state index contributed by atoms with van der Waals surface area (Å²) in [6, 6.07) is 16.4. The van der Waals surface area contributed by atoms with Crippen molar-refractivity contribution < 1.29 is 4.79 Å². The molecule has 0 spiro atoms. The van der Waals surface area contributed by atoms with Crippen LogP contribution in [0.15, 0.2) is 53.0 Å². The second-order valence-electron chi connectivity index (χ2n) is 6.90. The average Bonchev–Trinajstić information content (AvgIpc) is 3.30. The molecule has 4 rings (SSSR count). The first-order chi connectivity index (χ1) is 12.7. The number of likely N-dealkylation sites (tertiary alicyclic amines) is 1. The van der Waals surface area contributed by atoms with E-state index in [-0.39, 0.29) is 5.91 Å². The van der Waals surface area contributed by atoms with Crippen LogP contribution in [0.2, 0.25) is 0 Å². The van der Waals surface area contributed by atoms with Crippen LogP contribution in [0.5, 0.6) is 0 Å². The minimum atomic E-state index is -0.0848. The fraction of sp³-hybridized carbons (Fsp3) is 0.286. The van der Waals surface area contributed by atoms with Gasteiger partial charge in [0.15, 0.2) is 0 Å². The monoisotopic (exact) mass is 411 g/mol. The zero-order chi connectivity index (χ0) is 17.9. The van der Waals surface area contributed by atoms with E-state index in [1.807, 2.05) is 24.3 Å². The summed E-state index contributed by atoms with van der Waals surface area (Å²) in [5, 5.41) is 4.02. The second-order valence-corrected chi connectivity index (χ2v) is 7.81. The summed E-state index contributed by atoms with van der Waals surface area (Å²) < 4.78 is 0.993. The van der Waals surface area contributed by atoms with Gasteiger partial charge in [0.25, 0.3) is 5.91 Å². The summed E-state index contributed by atoms with van der Waals surface area (Å²) >= 11 is 3.45. The molecule has 0 aliphatic carbocycles. The Balaban J connectivity index is 1.35. The summed E-state index contributed by atoms with van der Waals surface area (Å²) in [4.78, 5) is 18.1. The van der Waals surface area contributed by atoms with E-state index in [1.54, 1.807) is 0 Å². The number of H-pyrrole nitrogens is 1. The zero-order valence-electron chi connectivity index (χ0n) is 14.6. The first-order valence-corrected chi connectivity index (χ1v) is 9.83. The number of nitrogens with zero attached hydrogens (tertiary/aromatic N) is 1. The highest BCUT2D eigenvalue weighted by atomic mass is 79.9. The first kappa shape index (κ1) is 17.3. The van der Waals surface area contributed by atoms with Crippen molar-refractivity contribution in [1.29, 1.82) is 0 Å². The molecule has 4 nitrogen and oxygen atoms in total. The molecule has 1 aliphatic rings. The van der Waals surface area contributed by atoms with Gasteiger partial charge in [0.05, 0.1) is 0 Å². The fourth-order valence-electron chi connectivity index (χ4n) is 3.46. The largest absolute Gasteiger partial charge is 0.350 e. The molecule has 1 aromatic heterocycles. The van der Waals surface area contributed by atoms with Gasteiger partial charge in [0.2, 0.25) is 0 Å². The van der Waals surface area contributed by atoms with Crippen LogP contribution in [0.3, 0.4) is 0 Å². The normalized spacial score (nSPS) is 14.8. The predicted octanol–water partition coefficient (Wildman–Crippen LogP) is 4.46. The Kier molecular flexibility index (Phi) is 5.09. The maximum Gasteiger partial charge on any atom is 0.267 e. The number of rotatable bonds is 5. The number of fused-ring (bicyclic) bond motifs is 1. The van der Waals surface area contributed by atoms with Gasteiger partial charge in [-0.25, -0.2) is 0 Å². The van der Waals surface area contributed by atoms with Gasteiger partial charge in [-0.05, 0) is 55.3 Å². The number of nitrogens with one attached hydrogen (secondary N) is 2. The Labute approximate surface area is 161 Å². The molecule has 0 bridgehead atoms. The topological polar surface area (TPSA) is 48.1 Å². The molecular weight excluding hydrogens is 390 g/mol. The smallest absolute Gasteiger partial charge is 0.267 e. The molecular formula is C21H22BrN3O. The standard InChI is InChI=1S/C21H22BrN3O/c22-18-8-7-17-11-20(24-19(17)12-18)21(26)23-13-15-3-5-16(6-4-15)14-25-9-1-2-10-25/h3-8,11-12,24H,1-2,9-10,13-14H2,(H,23,26). The number of hydrogen-bond acceptors (Lipinski definition) is 2. The van der Waals surface area contributed by atoms with Crippen LogP contribution >= 0.6 is 15.9 Å². The molecule has 0 radical (unpaired) electrons. The molecule has 0 saturated carbocycles. The Hall–Kier alpha value is -2.11. The van der Waals surface area contributed by atoms with Crippen molar-refractivity contribution in [3.8, 4) is 0 Å². The summed E-state index contributed by atoms with van der Waals surface area (Å²) in [6.07, 6.45) is 2.63. The van der Waals surface area contributed by atoms with E-state index in [0.29, 0.717) is 12.2 Å². The summed E-state index contributed by atoms with van der Waals surface area (Å²) in [5.41, 5.74) is 3.99. The second kappa shape index (κ2) is 7.64. The van der Waals surface area contributed by atoms with Crippen molar-refractivity contribution in [3.63, 3.8) is 0 Å². The third-order valence-corrected chi connectivity index (χ3v) is 5.40. The SMILES string of the molecule is O=C(NCc1ccc(CN2CCCC2)cc1)c1cc2ccc(Br)cc2[nH]1. The Morgan fingerprint density at radius 2 is 1.77 bits per heavy atom. The lowest BCUT2D eigenvalue weighted by molar-refractivity contribution is 0.0947. The van der Waals surface area contributed by atoms with Crippen molar-refractivity contribution in [2.45, 2.75) is 25.9 Å². The van der Waals surface area contributed by atoms with E-state index in [9.17, 15) is 4.79 Å². The molecule has 2 N–H and O–H groups in total. The third-order valence-electron chi connectivity index (χ3n) is 4.91. The molecule has 1 amide bonds.